The second kappa shape index (κ2) is 4.29. The summed E-state index contributed by atoms with van der Waals surface area (Å²) in [7, 11) is 0. The van der Waals surface area contributed by atoms with Crippen molar-refractivity contribution in [3.05, 3.63) is 0 Å². The quantitative estimate of drug-likeness (QED) is 0.304. The van der Waals surface area contributed by atoms with E-state index in [1.807, 2.05) is 0 Å². The van der Waals surface area contributed by atoms with Crippen LogP contribution in [0.2, 0.25) is 0 Å². The molecular weight excluding hydrogens is 121 g/mol. The van der Waals surface area contributed by atoms with E-state index in [1.165, 1.54) is 0 Å². The third-order valence-corrected chi connectivity index (χ3v) is 0. The molecule has 0 aromatic heterocycles. The molecule has 5 N–H and O–H groups in total. The SMILES string of the molecule is C.Cl.NC(O)(O)O. The van der Waals surface area contributed by atoms with E-state index in [4.69, 9.17) is 15.3 Å². The molecule has 0 aliphatic rings. The van der Waals surface area contributed by atoms with Gasteiger partial charge in [0.25, 0.3) is 0 Å². The summed E-state index contributed by atoms with van der Waals surface area (Å²) in [5, 5.41) is 22.2. The third kappa shape index (κ3) is 6190. The predicted octanol–water partition coefficient (Wildman–Crippen LogP) is -1.41. The Hall–Kier alpha value is 0.130. The number of aliphatic hydroxyl groups is 3. The van der Waals surface area contributed by atoms with E-state index < -0.39 is 6.10 Å². The number of hydrogen-bond acceptors (Lipinski definition) is 4. The molecule has 0 heterocycles. The van der Waals surface area contributed by atoms with E-state index in [1.54, 1.807) is 0 Å². The van der Waals surface area contributed by atoms with Crippen LogP contribution in [0.25, 0.3) is 0 Å². The Morgan fingerprint density at radius 2 is 1.14 bits per heavy atom. The Morgan fingerprint density at radius 1 is 1.14 bits per heavy atom. The maximum atomic E-state index is 7.41. The zero-order valence-electron chi connectivity index (χ0n) is 2.83. The Morgan fingerprint density at radius 3 is 1.14 bits per heavy atom. The molecule has 0 aliphatic heterocycles. The molecule has 0 saturated heterocycles. The monoisotopic (exact) mass is 131 g/mol. The van der Waals surface area contributed by atoms with Crippen LogP contribution in [0.5, 0.6) is 0 Å². The minimum atomic E-state index is -3.00. The summed E-state index contributed by atoms with van der Waals surface area (Å²) in [5.41, 5.74) is 4.02. The van der Waals surface area contributed by atoms with E-state index in [0.717, 1.165) is 0 Å². The van der Waals surface area contributed by atoms with Crippen molar-refractivity contribution in [1.29, 1.82) is 0 Å². The van der Waals surface area contributed by atoms with Crippen LogP contribution in [-0.2, 0) is 0 Å². The smallest absolute Gasteiger partial charge is 0.330 e. The van der Waals surface area contributed by atoms with Crippen LogP contribution in [0.1, 0.15) is 7.43 Å². The Bertz CT molecular complexity index is 28.4. The van der Waals surface area contributed by atoms with Crippen molar-refractivity contribution in [3.8, 4) is 0 Å². The van der Waals surface area contributed by atoms with Gasteiger partial charge in [0.2, 0.25) is 0 Å². The minimum Gasteiger partial charge on any atom is -0.330 e. The lowest BCUT2D eigenvalue weighted by Gasteiger charge is -2.01. The summed E-state index contributed by atoms with van der Waals surface area (Å²) >= 11 is 0. The highest BCUT2D eigenvalue weighted by Crippen LogP contribution is 1.69. The molecule has 0 fully saturated rings. The Balaban J connectivity index is -0.0000000800. The van der Waals surface area contributed by atoms with Gasteiger partial charge in [0.05, 0.1) is 0 Å². The molecule has 7 heavy (non-hydrogen) atoms. The second-order valence-electron chi connectivity index (χ2n) is 0.687. The first-order chi connectivity index (χ1) is 2.00. The molecule has 0 rings (SSSR count). The van der Waals surface area contributed by atoms with E-state index >= 15 is 0 Å². The number of halogens is 1. The Kier molecular flexibility index (Phi) is 9.63. The molecule has 0 aromatic rings. The average Bonchev–Trinajstić information content (AvgIpc) is 0.722. The zero-order chi connectivity index (χ0) is 4.50. The molecule has 0 aliphatic carbocycles. The summed E-state index contributed by atoms with van der Waals surface area (Å²) in [4.78, 5) is 0. The van der Waals surface area contributed by atoms with Crippen LogP contribution in [0.3, 0.4) is 0 Å². The van der Waals surface area contributed by atoms with Crippen LogP contribution in [0, 0.1) is 0 Å². The highest BCUT2D eigenvalue weighted by atomic mass is 35.5. The number of hydrogen-bond donors (Lipinski definition) is 4. The van der Waals surface area contributed by atoms with Gasteiger partial charge >= 0.3 is 6.10 Å². The van der Waals surface area contributed by atoms with Crippen molar-refractivity contribution in [2.45, 2.75) is 13.5 Å². The van der Waals surface area contributed by atoms with Crippen molar-refractivity contribution in [2.75, 3.05) is 0 Å². The first kappa shape index (κ1) is 15.7. The van der Waals surface area contributed by atoms with Crippen LogP contribution in [0.4, 0.5) is 0 Å². The molecule has 0 atom stereocenters. The molecule has 0 saturated carbocycles. The fourth-order valence-corrected chi connectivity index (χ4v) is 0. The van der Waals surface area contributed by atoms with Crippen molar-refractivity contribution in [1.82, 2.24) is 0 Å². The van der Waals surface area contributed by atoms with Gasteiger partial charge in [-0.2, -0.15) is 0 Å². The molecule has 0 spiro atoms. The van der Waals surface area contributed by atoms with E-state index in [2.05, 4.69) is 5.73 Å². The van der Waals surface area contributed by atoms with Crippen molar-refractivity contribution < 1.29 is 15.3 Å². The molecule has 0 bridgehead atoms. The highest BCUT2D eigenvalue weighted by molar-refractivity contribution is 5.85. The van der Waals surface area contributed by atoms with Gasteiger partial charge in [-0.25, -0.2) is 0 Å². The predicted molar refractivity (Wildman–Crippen MR) is 27.6 cm³/mol. The molecule has 0 amide bonds. The van der Waals surface area contributed by atoms with Gasteiger partial charge < -0.3 is 15.3 Å². The molecule has 0 aromatic carbocycles. The van der Waals surface area contributed by atoms with Gasteiger partial charge in [-0.05, 0) is 0 Å². The van der Waals surface area contributed by atoms with Gasteiger partial charge in [-0.1, -0.05) is 7.43 Å². The van der Waals surface area contributed by atoms with E-state index in [0.29, 0.717) is 0 Å². The molecule has 5 heteroatoms. The van der Waals surface area contributed by atoms with Gasteiger partial charge in [0.1, 0.15) is 0 Å². The fraction of sp³-hybridized carbons (Fsp3) is 1.00. The normalized spacial score (nSPS) is 8.57. The maximum Gasteiger partial charge on any atom is 0.340 e. The third-order valence-electron chi connectivity index (χ3n) is 0. The summed E-state index contributed by atoms with van der Waals surface area (Å²) in [6.07, 6.45) is -3.00. The van der Waals surface area contributed by atoms with Crippen LogP contribution >= 0.6 is 12.4 Å². The second-order valence-corrected chi connectivity index (χ2v) is 0.687. The maximum absolute atomic E-state index is 7.41. The number of nitrogens with two attached hydrogens (primary N) is 1. The first-order valence-corrected chi connectivity index (χ1v) is 0.959. The van der Waals surface area contributed by atoms with Crippen LogP contribution < -0.4 is 5.73 Å². The van der Waals surface area contributed by atoms with Gasteiger partial charge in [-0.3, -0.25) is 5.73 Å². The lowest BCUT2D eigenvalue weighted by atomic mass is 11.1. The van der Waals surface area contributed by atoms with E-state index in [-0.39, 0.29) is 19.8 Å². The Labute approximate surface area is 48.0 Å². The van der Waals surface area contributed by atoms with Gasteiger partial charge in [0.15, 0.2) is 0 Å². The summed E-state index contributed by atoms with van der Waals surface area (Å²) in [5.74, 6) is 0. The topological polar surface area (TPSA) is 86.7 Å². The molecule has 0 radical (unpaired) electrons. The lowest BCUT2D eigenvalue weighted by molar-refractivity contribution is -0.306. The molecule has 0 unspecified atom stereocenters. The molecular formula is C2H10ClNO3. The largest absolute Gasteiger partial charge is 0.340 e. The molecule has 4 nitrogen and oxygen atoms in total. The van der Waals surface area contributed by atoms with E-state index in [9.17, 15) is 0 Å². The average molecular weight is 132 g/mol. The minimum absolute atomic E-state index is 0. The molecule has 48 valence electrons. The van der Waals surface area contributed by atoms with Crippen molar-refractivity contribution >= 4 is 12.4 Å². The van der Waals surface area contributed by atoms with Crippen molar-refractivity contribution in [2.24, 2.45) is 5.73 Å². The lowest BCUT2D eigenvalue weighted by Crippen LogP contribution is -2.38. The fourth-order valence-electron chi connectivity index (χ4n) is 0. The summed E-state index contributed by atoms with van der Waals surface area (Å²) in [6.45, 7) is 0. The van der Waals surface area contributed by atoms with Crippen LogP contribution in [-0.4, -0.2) is 21.4 Å². The standard InChI is InChI=1S/CH5NO3.CH4.ClH/c2-1(3,4)5;;/h3-5H,2H2;1H4;1H. The first-order valence-electron chi connectivity index (χ1n) is 0.959. The summed E-state index contributed by atoms with van der Waals surface area (Å²) in [6, 6.07) is 0. The highest BCUT2D eigenvalue weighted by Gasteiger charge is 2.04. The van der Waals surface area contributed by atoms with Crippen molar-refractivity contribution in [3.63, 3.8) is 0 Å². The summed E-state index contributed by atoms with van der Waals surface area (Å²) < 4.78 is 0. The van der Waals surface area contributed by atoms with Crippen LogP contribution in [0.15, 0.2) is 0 Å². The number of rotatable bonds is 0. The zero-order valence-corrected chi connectivity index (χ0v) is 3.64. The van der Waals surface area contributed by atoms with Gasteiger partial charge in [-0.15, -0.1) is 12.4 Å². The van der Waals surface area contributed by atoms with Gasteiger partial charge in [0, 0.05) is 0 Å².